The molecule has 1 aliphatic heterocycles. The average Bonchev–Trinajstić information content (AvgIpc) is 2.38. The fourth-order valence-corrected chi connectivity index (χ4v) is 3.96. The van der Waals surface area contributed by atoms with Crippen LogP contribution in [-0.2, 0) is 9.47 Å². The Morgan fingerprint density at radius 3 is 2.75 bits per heavy atom. The van der Waals surface area contributed by atoms with E-state index in [1.54, 1.807) is 0 Å². The number of nitrogens with zero attached hydrogens (tertiary/aromatic N) is 1. The zero-order valence-electron chi connectivity index (χ0n) is 13.8. The fraction of sp³-hybridized carbons (Fsp3) is 1.00. The first-order chi connectivity index (χ1) is 9.29. The zero-order chi connectivity index (χ0) is 15.0. The van der Waals surface area contributed by atoms with Crippen molar-refractivity contribution < 1.29 is 9.47 Å². The summed E-state index contributed by atoms with van der Waals surface area (Å²) >= 11 is 0. The van der Waals surface area contributed by atoms with Crippen molar-refractivity contribution in [3.63, 3.8) is 0 Å². The van der Waals surface area contributed by atoms with E-state index in [-0.39, 0.29) is 11.0 Å². The van der Waals surface area contributed by atoms with E-state index in [1.807, 2.05) is 0 Å². The van der Waals surface area contributed by atoms with Crippen LogP contribution in [0.15, 0.2) is 0 Å². The molecule has 2 rings (SSSR count). The number of rotatable bonds is 6. The molecule has 1 aliphatic carbocycles. The Balaban J connectivity index is 1.90. The van der Waals surface area contributed by atoms with Crippen molar-refractivity contribution in [3.8, 4) is 0 Å². The maximum absolute atomic E-state index is 6.81. The molecule has 0 aromatic carbocycles. The Kier molecular flexibility index (Phi) is 4.80. The molecular formula is C16H32N2O2. The summed E-state index contributed by atoms with van der Waals surface area (Å²) in [5.41, 5.74) is 6.73. The number of fused-ring (bicyclic) bond motifs is 1. The number of hydrogen-bond donors (Lipinski definition) is 1. The fourth-order valence-electron chi connectivity index (χ4n) is 3.96. The van der Waals surface area contributed by atoms with E-state index in [1.165, 1.54) is 6.42 Å². The molecule has 4 nitrogen and oxygen atoms in total. The van der Waals surface area contributed by atoms with Crippen molar-refractivity contribution in [1.29, 1.82) is 0 Å². The van der Waals surface area contributed by atoms with Crippen LogP contribution in [0.3, 0.4) is 0 Å². The van der Waals surface area contributed by atoms with Crippen molar-refractivity contribution in [2.24, 2.45) is 17.1 Å². The molecule has 1 saturated carbocycles. The minimum Gasteiger partial charge on any atom is -0.377 e. The molecule has 2 fully saturated rings. The molecule has 0 aromatic heterocycles. The molecule has 1 saturated heterocycles. The van der Waals surface area contributed by atoms with Gasteiger partial charge in [-0.25, -0.2) is 0 Å². The van der Waals surface area contributed by atoms with E-state index in [4.69, 9.17) is 15.2 Å². The minimum atomic E-state index is -0.134. The van der Waals surface area contributed by atoms with E-state index in [0.29, 0.717) is 18.1 Å². The highest BCUT2D eigenvalue weighted by Gasteiger charge is 2.66. The molecule has 2 aliphatic rings. The van der Waals surface area contributed by atoms with Gasteiger partial charge in [-0.3, -0.25) is 0 Å². The van der Waals surface area contributed by atoms with Crippen molar-refractivity contribution in [2.75, 3.05) is 33.4 Å². The van der Waals surface area contributed by atoms with Gasteiger partial charge in [-0.05, 0) is 33.7 Å². The Hall–Kier alpha value is -0.160. The third-order valence-corrected chi connectivity index (χ3v) is 5.35. The summed E-state index contributed by atoms with van der Waals surface area (Å²) in [6.07, 6.45) is 3.00. The van der Waals surface area contributed by atoms with Gasteiger partial charge in [-0.15, -0.1) is 0 Å². The van der Waals surface area contributed by atoms with Crippen LogP contribution in [0, 0.1) is 11.3 Å². The van der Waals surface area contributed by atoms with E-state index in [0.717, 1.165) is 32.7 Å². The molecule has 20 heavy (non-hydrogen) atoms. The van der Waals surface area contributed by atoms with Crippen LogP contribution in [0.2, 0.25) is 0 Å². The van der Waals surface area contributed by atoms with Gasteiger partial charge in [0.1, 0.15) is 0 Å². The Labute approximate surface area is 124 Å². The minimum absolute atomic E-state index is 0.0608. The highest BCUT2D eigenvalue weighted by Crippen LogP contribution is 2.57. The van der Waals surface area contributed by atoms with E-state index >= 15 is 0 Å². The standard InChI is InChI=1S/C16H32N2O2/c1-12(2)19-10-8-18(5)11-16(17)13-7-6-9-20-14(13)15(16,3)4/h12-14H,6-11,17H2,1-5H3. The predicted molar refractivity (Wildman–Crippen MR) is 81.7 cm³/mol. The zero-order valence-corrected chi connectivity index (χ0v) is 13.8. The van der Waals surface area contributed by atoms with Gasteiger partial charge in [0.05, 0.1) is 18.8 Å². The van der Waals surface area contributed by atoms with Crippen LogP contribution < -0.4 is 5.73 Å². The molecule has 0 amide bonds. The van der Waals surface area contributed by atoms with Gasteiger partial charge in [0.15, 0.2) is 0 Å². The van der Waals surface area contributed by atoms with Gasteiger partial charge in [-0.1, -0.05) is 13.8 Å². The summed E-state index contributed by atoms with van der Waals surface area (Å²) in [4.78, 5) is 2.31. The monoisotopic (exact) mass is 284 g/mol. The van der Waals surface area contributed by atoms with Gasteiger partial charge in [0, 0.05) is 36.6 Å². The largest absolute Gasteiger partial charge is 0.377 e. The Morgan fingerprint density at radius 2 is 2.10 bits per heavy atom. The second-order valence-electron chi connectivity index (χ2n) is 7.46. The van der Waals surface area contributed by atoms with Crippen LogP contribution in [0.5, 0.6) is 0 Å². The molecule has 0 aromatic rings. The maximum Gasteiger partial charge on any atom is 0.0690 e. The van der Waals surface area contributed by atoms with Gasteiger partial charge in [0.2, 0.25) is 0 Å². The lowest BCUT2D eigenvalue weighted by Gasteiger charge is -2.67. The average molecular weight is 284 g/mol. The summed E-state index contributed by atoms with van der Waals surface area (Å²) < 4.78 is 11.6. The SMILES string of the molecule is CC(C)OCCN(C)CC1(N)C2CCCOC2C1(C)C. The van der Waals surface area contributed by atoms with Crippen molar-refractivity contribution >= 4 is 0 Å². The lowest BCUT2D eigenvalue weighted by Crippen LogP contribution is -2.80. The van der Waals surface area contributed by atoms with Crippen LogP contribution in [-0.4, -0.2) is 56.0 Å². The number of nitrogens with two attached hydrogens (primary N) is 1. The molecule has 0 spiro atoms. The number of likely N-dealkylation sites (N-methyl/N-ethyl adjacent to an activating group) is 1. The van der Waals surface area contributed by atoms with Crippen LogP contribution >= 0.6 is 0 Å². The molecule has 3 unspecified atom stereocenters. The van der Waals surface area contributed by atoms with E-state index in [9.17, 15) is 0 Å². The Morgan fingerprint density at radius 1 is 1.40 bits per heavy atom. The molecule has 3 atom stereocenters. The summed E-state index contributed by atoms with van der Waals surface area (Å²) in [5, 5.41) is 0. The summed E-state index contributed by atoms with van der Waals surface area (Å²) in [6, 6.07) is 0. The van der Waals surface area contributed by atoms with Crippen molar-refractivity contribution in [1.82, 2.24) is 4.90 Å². The smallest absolute Gasteiger partial charge is 0.0690 e. The molecule has 0 bridgehead atoms. The second kappa shape index (κ2) is 5.91. The lowest BCUT2D eigenvalue weighted by atomic mass is 9.46. The van der Waals surface area contributed by atoms with Crippen LogP contribution in [0.25, 0.3) is 0 Å². The van der Waals surface area contributed by atoms with Crippen LogP contribution in [0.1, 0.15) is 40.5 Å². The molecule has 4 heteroatoms. The summed E-state index contributed by atoms with van der Waals surface area (Å²) in [5.74, 6) is 0.514. The van der Waals surface area contributed by atoms with Gasteiger partial charge in [-0.2, -0.15) is 0 Å². The summed E-state index contributed by atoms with van der Waals surface area (Å²) in [7, 11) is 2.14. The second-order valence-corrected chi connectivity index (χ2v) is 7.46. The third-order valence-electron chi connectivity index (χ3n) is 5.35. The number of hydrogen-bond acceptors (Lipinski definition) is 4. The molecular weight excluding hydrogens is 252 g/mol. The predicted octanol–water partition coefficient (Wildman–Crippen LogP) is 1.88. The van der Waals surface area contributed by atoms with Gasteiger partial charge in [0.25, 0.3) is 0 Å². The van der Waals surface area contributed by atoms with Gasteiger partial charge >= 0.3 is 0 Å². The first-order valence-electron chi connectivity index (χ1n) is 7.99. The van der Waals surface area contributed by atoms with Gasteiger partial charge < -0.3 is 20.1 Å². The van der Waals surface area contributed by atoms with E-state index in [2.05, 4.69) is 39.6 Å². The third kappa shape index (κ3) is 2.76. The summed E-state index contributed by atoms with van der Waals surface area (Å²) in [6.45, 7) is 12.2. The van der Waals surface area contributed by atoms with Crippen molar-refractivity contribution in [3.05, 3.63) is 0 Å². The van der Waals surface area contributed by atoms with Crippen LogP contribution in [0.4, 0.5) is 0 Å². The molecule has 2 N–H and O–H groups in total. The lowest BCUT2D eigenvalue weighted by molar-refractivity contribution is -0.231. The highest BCUT2D eigenvalue weighted by molar-refractivity contribution is 5.20. The normalized spacial score (nSPS) is 36.0. The quantitative estimate of drug-likeness (QED) is 0.809. The maximum atomic E-state index is 6.81. The Bertz CT molecular complexity index is 332. The number of ether oxygens (including phenoxy) is 2. The first-order valence-corrected chi connectivity index (χ1v) is 7.99. The van der Waals surface area contributed by atoms with Crippen molar-refractivity contribution in [2.45, 2.75) is 58.3 Å². The van der Waals surface area contributed by atoms with E-state index < -0.39 is 0 Å². The molecule has 118 valence electrons. The first kappa shape index (κ1) is 16.2. The molecule has 0 radical (unpaired) electrons. The topological polar surface area (TPSA) is 47.7 Å². The highest BCUT2D eigenvalue weighted by atomic mass is 16.5. The molecule has 1 heterocycles.